The summed E-state index contributed by atoms with van der Waals surface area (Å²) in [6.07, 6.45) is -2.37. The zero-order valence-electron chi connectivity index (χ0n) is 14.8. The summed E-state index contributed by atoms with van der Waals surface area (Å²) in [5, 5.41) is 59.5. The van der Waals surface area contributed by atoms with Crippen molar-refractivity contribution in [3.8, 4) is 23.5 Å². The average Bonchev–Trinajstić information content (AvgIpc) is 3.06. The van der Waals surface area contributed by atoms with Crippen molar-refractivity contribution in [3.05, 3.63) is 12.1 Å². The highest BCUT2D eigenvalue weighted by molar-refractivity contribution is 7.86. The van der Waals surface area contributed by atoms with Crippen LogP contribution in [0.25, 0.3) is 0 Å². The van der Waals surface area contributed by atoms with Crippen LogP contribution in [-0.4, -0.2) is 77.7 Å². The number of rotatable bonds is 8. The molecule has 2 aromatic rings. The summed E-state index contributed by atoms with van der Waals surface area (Å²) in [6, 6.07) is 0.342. The van der Waals surface area contributed by atoms with E-state index in [1.807, 2.05) is 0 Å². The van der Waals surface area contributed by atoms with Gasteiger partial charge in [-0.3, -0.25) is 13.9 Å². The fraction of sp³-hybridized carbons (Fsp3) is 0.231. The summed E-state index contributed by atoms with van der Waals surface area (Å²) in [5.74, 6) is -10.1. The van der Waals surface area contributed by atoms with Crippen molar-refractivity contribution in [1.82, 2.24) is 9.13 Å². The maximum absolute atomic E-state index is 12.3. The highest BCUT2D eigenvalue weighted by Gasteiger charge is 2.51. The number of hydrogen-bond donors (Lipinski definition) is 8. The summed E-state index contributed by atoms with van der Waals surface area (Å²) in [4.78, 5) is 20.4. The van der Waals surface area contributed by atoms with Crippen molar-refractivity contribution in [3.63, 3.8) is 0 Å². The summed E-state index contributed by atoms with van der Waals surface area (Å²) in [6.45, 7) is 0. The Bertz CT molecular complexity index is 1200. The molecule has 0 unspecified atom stereocenters. The molecule has 0 bridgehead atoms. The number of aromatic nitrogens is 2. The van der Waals surface area contributed by atoms with Crippen LogP contribution in [0.2, 0.25) is 0 Å². The largest absolute Gasteiger partial charge is 0.494 e. The highest BCUT2D eigenvalue weighted by Crippen LogP contribution is 2.46. The summed E-state index contributed by atoms with van der Waals surface area (Å²) in [7, 11) is -10.6. The fourth-order valence-electron chi connectivity index (χ4n) is 2.94. The lowest BCUT2D eigenvalue weighted by molar-refractivity contribution is -0.152. The van der Waals surface area contributed by atoms with E-state index in [1.165, 1.54) is 0 Å². The van der Waals surface area contributed by atoms with Gasteiger partial charge in [-0.25, -0.2) is 13.9 Å². The van der Waals surface area contributed by atoms with Gasteiger partial charge in [-0.05, 0) is 0 Å². The number of carboxylic acids is 2. The van der Waals surface area contributed by atoms with Gasteiger partial charge in [0.1, 0.15) is 0 Å². The molecular formula is C13H14N2O14S2. The second-order valence-electron chi connectivity index (χ2n) is 6.02. The van der Waals surface area contributed by atoms with Crippen LogP contribution in [0.5, 0.6) is 23.5 Å². The Morgan fingerprint density at radius 3 is 1.39 bits per heavy atom. The molecule has 172 valence electrons. The first-order valence-electron chi connectivity index (χ1n) is 7.64. The first kappa shape index (κ1) is 23.8. The molecule has 2 rings (SSSR count). The minimum absolute atomic E-state index is 0.171. The van der Waals surface area contributed by atoms with E-state index in [0.29, 0.717) is 0 Å². The zero-order valence-corrected chi connectivity index (χ0v) is 16.4. The lowest BCUT2D eigenvalue weighted by atomic mass is 10.0. The van der Waals surface area contributed by atoms with Crippen molar-refractivity contribution in [2.45, 2.75) is 28.3 Å². The van der Waals surface area contributed by atoms with Crippen molar-refractivity contribution >= 4 is 32.2 Å². The highest BCUT2D eigenvalue weighted by atomic mass is 32.2. The van der Waals surface area contributed by atoms with E-state index in [-0.39, 0.29) is 21.3 Å². The van der Waals surface area contributed by atoms with E-state index in [1.54, 1.807) is 0 Å². The van der Waals surface area contributed by atoms with Crippen molar-refractivity contribution in [2.75, 3.05) is 0 Å². The van der Waals surface area contributed by atoms with Crippen LogP contribution >= 0.6 is 0 Å². The van der Waals surface area contributed by atoms with E-state index in [2.05, 4.69) is 0 Å². The number of hydrogen-bond acceptors (Lipinski definition) is 10. The van der Waals surface area contributed by atoms with E-state index < -0.39 is 84.0 Å². The number of carbonyl (C=O) groups is 2. The molecule has 0 aliphatic carbocycles. The predicted molar refractivity (Wildman–Crippen MR) is 93.0 cm³/mol. The molecule has 0 fully saturated rings. The quantitative estimate of drug-likeness (QED) is 0.203. The summed E-state index contributed by atoms with van der Waals surface area (Å²) in [5.41, 5.74) is -3.33. The lowest BCUT2D eigenvalue weighted by Gasteiger charge is -2.34. The van der Waals surface area contributed by atoms with Gasteiger partial charge in [0, 0.05) is 18.6 Å². The normalized spacial score (nSPS) is 12.7. The van der Waals surface area contributed by atoms with Gasteiger partial charge in [0.05, 0.1) is 6.42 Å². The molecule has 2 aromatic heterocycles. The molecule has 0 amide bonds. The molecule has 0 saturated carbocycles. The van der Waals surface area contributed by atoms with Gasteiger partial charge in [-0.1, -0.05) is 0 Å². The second-order valence-corrected chi connectivity index (χ2v) is 8.80. The molecule has 0 radical (unpaired) electrons. The molecule has 16 nitrogen and oxygen atoms in total. The van der Waals surface area contributed by atoms with Gasteiger partial charge in [-0.2, -0.15) is 16.8 Å². The summed E-state index contributed by atoms with van der Waals surface area (Å²) < 4.78 is 63.5. The molecule has 0 aliphatic heterocycles. The fourth-order valence-corrected chi connectivity index (χ4v) is 4.09. The molecule has 0 aliphatic rings. The number of aromatic hydroxyl groups is 4. The third kappa shape index (κ3) is 3.83. The average molecular weight is 486 g/mol. The molecule has 8 N–H and O–H groups in total. The van der Waals surface area contributed by atoms with Crippen LogP contribution in [0.15, 0.2) is 21.9 Å². The van der Waals surface area contributed by atoms with Crippen LogP contribution in [0.3, 0.4) is 0 Å². The van der Waals surface area contributed by atoms with E-state index in [9.17, 15) is 52.0 Å². The first-order valence-corrected chi connectivity index (χ1v) is 10.5. The van der Waals surface area contributed by atoms with Gasteiger partial charge in [0.25, 0.3) is 20.2 Å². The van der Waals surface area contributed by atoms with Crippen LogP contribution in [0.1, 0.15) is 12.8 Å². The third-order valence-corrected chi connectivity index (χ3v) is 5.88. The number of nitrogens with zero attached hydrogens (tertiary/aromatic N) is 2. The van der Waals surface area contributed by atoms with Crippen LogP contribution in [0, 0.1) is 0 Å². The topological polar surface area (TPSA) is 274 Å². The van der Waals surface area contributed by atoms with Crippen LogP contribution in [-0.2, 0) is 35.5 Å². The second kappa shape index (κ2) is 7.34. The number of aliphatic carboxylic acids is 2. The van der Waals surface area contributed by atoms with E-state index in [0.717, 1.165) is 0 Å². The molecule has 2 heterocycles. The van der Waals surface area contributed by atoms with Gasteiger partial charge >= 0.3 is 11.9 Å². The predicted octanol–water partition coefficient (Wildman–Crippen LogP) is -1.24. The Balaban J connectivity index is 3.09. The molecule has 0 aromatic carbocycles. The van der Waals surface area contributed by atoms with Crippen molar-refractivity contribution in [1.29, 1.82) is 0 Å². The van der Waals surface area contributed by atoms with Crippen molar-refractivity contribution in [2.24, 2.45) is 0 Å². The zero-order chi connectivity index (χ0) is 24.1. The Labute approximate surface area is 171 Å². The Morgan fingerprint density at radius 1 is 0.806 bits per heavy atom. The lowest BCUT2D eigenvalue weighted by Crippen LogP contribution is -2.48. The summed E-state index contributed by atoms with van der Waals surface area (Å²) >= 11 is 0. The Morgan fingerprint density at radius 2 is 1.16 bits per heavy atom. The van der Waals surface area contributed by atoms with Crippen LogP contribution in [0.4, 0.5) is 0 Å². The Hall–Kier alpha value is -3.48. The molecule has 18 heteroatoms. The maximum atomic E-state index is 12.3. The van der Waals surface area contributed by atoms with Crippen LogP contribution < -0.4 is 0 Å². The Kier molecular flexibility index (Phi) is 5.63. The smallest absolute Gasteiger partial charge is 0.351 e. The molecule has 0 spiro atoms. The molecule has 0 atom stereocenters. The maximum Gasteiger partial charge on any atom is 0.351 e. The molecule has 0 saturated heterocycles. The third-order valence-electron chi connectivity index (χ3n) is 4.17. The van der Waals surface area contributed by atoms with Gasteiger partial charge in [-0.15, -0.1) is 0 Å². The van der Waals surface area contributed by atoms with Gasteiger partial charge in [0.2, 0.25) is 17.4 Å². The SMILES string of the molecule is O=C(O)CCC(C(=O)O)(n1c(O)cc(S(=O)(=O)O)c1O)n1c(O)cc(S(=O)(=O)O)c1O. The monoisotopic (exact) mass is 486 g/mol. The van der Waals surface area contributed by atoms with Crippen molar-refractivity contribution < 1.29 is 66.2 Å². The van der Waals surface area contributed by atoms with Gasteiger partial charge in [0.15, 0.2) is 21.6 Å². The van der Waals surface area contributed by atoms with E-state index >= 15 is 0 Å². The minimum atomic E-state index is -5.28. The molecular weight excluding hydrogens is 472 g/mol. The van der Waals surface area contributed by atoms with Gasteiger partial charge < -0.3 is 30.6 Å². The standard InChI is InChI=1S/C13H14N2O14S2/c16-7-3-5(30(24,25)26)10(20)14(7)13(12(22)23,2-1-9(18)19)15-8(17)4-6(11(15)21)31(27,28)29/h3-4,16-17,20-21H,1-2H2,(H,18,19)(H,22,23)(H,24,25,26)(H,27,28,29). The number of carboxylic acid groups (broad SMARTS) is 2. The first-order chi connectivity index (χ1) is 14.0. The minimum Gasteiger partial charge on any atom is -0.494 e. The van der Waals surface area contributed by atoms with E-state index in [4.69, 9.17) is 14.2 Å². The molecule has 31 heavy (non-hydrogen) atoms.